The van der Waals surface area contributed by atoms with Crippen molar-refractivity contribution in [3.05, 3.63) is 86.2 Å². The van der Waals surface area contributed by atoms with E-state index < -0.39 is 16.8 Å². The number of nitro groups is 1. The molecule has 2 aromatic rings. The van der Waals surface area contributed by atoms with Crippen LogP contribution >= 0.6 is 0 Å². The molecule has 1 N–H and O–H groups in total. The van der Waals surface area contributed by atoms with Crippen molar-refractivity contribution in [2.45, 2.75) is 31.6 Å². The molecule has 0 saturated carbocycles. The summed E-state index contributed by atoms with van der Waals surface area (Å²) in [7, 11) is 4.39. The fourth-order valence-corrected chi connectivity index (χ4v) is 4.91. The lowest BCUT2D eigenvalue weighted by molar-refractivity contribution is -0.384. The van der Waals surface area contributed by atoms with E-state index in [4.69, 9.17) is 14.2 Å². The number of ketones is 1. The summed E-state index contributed by atoms with van der Waals surface area (Å²) in [6, 6.07) is 11.6. The van der Waals surface area contributed by atoms with Gasteiger partial charge in [-0.25, -0.2) is 4.79 Å². The number of benzene rings is 2. The van der Waals surface area contributed by atoms with Crippen molar-refractivity contribution < 1.29 is 28.7 Å². The molecule has 1 aliphatic carbocycles. The van der Waals surface area contributed by atoms with Gasteiger partial charge in [0.1, 0.15) is 0 Å². The van der Waals surface area contributed by atoms with Crippen LogP contribution in [0.25, 0.3) is 0 Å². The van der Waals surface area contributed by atoms with Gasteiger partial charge in [0, 0.05) is 41.4 Å². The number of nitro benzene ring substituents is 1. The number of rotatable bonds is 6. The molecule has 0 bridgehead atoms. The number of carbonyl (C=O) groups is 2. The third-order valence-electron chi connectivity index (χ3n) is 6.53. The molecular formula is C26H26N2O7. The number of hydrogen-bond acceptors (Lipinski definition) is 8. The maximum Gasteiger partial charge on any atom is 0.336 e. The molecule has 35 heavy (non-hydrogen) atoms. The highest BCUT2D eigenvalue weighted by Crippen LogP contribution is 2.46. The first-order chi connectivity index (χ1) is 16.8. The molecule has 0 aromatic heterocycles. The maximum absolute atomic E-state index is 13.6. The van der Waals surface area contributed by atoms with Gasteiger partial charge in [0.05, 0.1) is 31.8 Å². The zero-order valence-electron chi connectivity index (χ0n) is 19.9. The number of dihydropyridines is 1. The lowest BCUT2D eigenvalue weighted by Crippen LogP contribution is -2.36. The Morgan fingerprint density at radius 2 is 1.77 bits per heavy atom. The van der Waals surface area contributed by atoms with E-state index in [2.05, 4.69) is 5.32 Å². The van der Waals surface area contributed by atoms with Crippen LogP contribution in [-0.4, -0.2) is 38.0 Å². The third kappa shape index (κ3) is 4.37. The number of ether oxygens (including phenoxy) is 3. The standard InChI is InChI=1S/C26H26N2O7/c1-14-23(26(30)35-4)24(16-6-5-7-18(10-16)28(31)32)25-19(27-14)11-17(12-20(25)29)15-8-9-21(33-2)22(13-15)34-3/h5-10,13,17,24,27H,11-12H2,1-4H3/t17-,24+/m1/s1. The second-order valence-electron chi connectivity index (χ2n) is 8.48. The molecule has 2 aromatic carbocycles. The molecule has 0 spiro atoms. The summed E-state index contributed by atoms with van der Waals surface area (Å²) in [6.07, 6.45) is 0.739. The second kappa shape index (κ2) is 9.61. The van der Waals surface area contributed by atoms with E-state index in [1.807, 2.05) is 18.2 Å². The Labute approximate surface area is 202 Å². The van der Waals surface area contributed by atoms with Crippen molar-refractivity contribution >= 4 is 17.4 Å². The van der Waals surface area contributed by atoms with E-state index in [-0.39, 0.29) is 29.4 Å². The number of esters is 1. The van der Waals surface area contributed by atoms with Crippen molar-refractivity contribution in [2.24, 2.45) is 0 Å². The van der Waals surface area contributed by atoms with Crippen molar-refractivity contribution in [1.29, 1.82) is 0 Å². The Morgan fingerprint density at radius 1 is 1.03 bits per heavy atom. The second-order valence-corrected chi connectivity index (χ2v) is 8.48. The molecule has 9 nitrogen and oxygen atoms in total. The van der Waals surface area contributed by atoms with E-state index in [9.17, 15) is 19.7 Å². The predicted molar refractivity (Wildman–Crippen MR) is 127 cm³/mol. The highest BCUT2D eigenvalue weighted by Gasteiger charge is 2.41. The van der Waals surface area contributed by atoms with Gasteiger partial charge in [-0.1, -0.05) is 18.2 Å². The predicted octanol–water partition coefficient (Wildman–Crippen LogP) is 4.15. The molecule has 2 aliphatic rings. The molecule has 0 unspecified atom stereocenters. The van der Waals surface area contributed by atoms with Crippen molar-refractivity contribution in [3.8, 4) is 11.5 Å². The molecule has 4 rings (SSSR count). The molecule has 0 amide bonds. The number of allylic oxidation sites excluding steroid dienone is 3. The molecule has 2 atom stereocenters. The Kier molecular flexibility index (Phi) is 6.59. The Morgan fingerprint density at radius 3 is 2.43 bits per heavy atom. The van der Waals surface area contributed by atoms with Gasteiger partial charge in [0.2, 0.25) is 0 Å². The fourth-order valence-electron chi connectivity index (χ4n) is 4.91. The summed E-state index contributed by atoms with van der Waals surface area (Å²) in [5, 5.41) is 14.7. The first kappa shape index (κ1) is 24.0. The number of Topliss-reactive ketones (excluding diaryl/α,β-unsaturated/α-hetero) is 1. The lowest BCUT2D eigenvalue weighted by Gasteiger charge is -2.36. The third-order valence-corrected chi connectivity index (χ3v) is 6.53. The molecule has 182 valence electrons. The number of methoxy groups -OCH3 is 3. The number of nitrogens with zero attached hydrogens (tertiary/aromatic N) is 1. The molecule has 9 heteroatoms. The average molecular weight is 479 g/mol. The highest BCUT2D eigenvalue weighted by molar-refractivity contribution is 6.04. The van der Waals surface area contributed by atoms with Crippen LogP contribution in [0.1, 0.15) is 42.7 Å². The summed E-state index contributed by atoms with van der Waals surface area (Å²) in [5.41, 5.74) is 3.26. The summed E-state index contributed by atoms with van der Waals surface area (Å²) in [5.74, 6) is -0.435. The van der Waals surface area contributed by atoms with Crippen molar-refractivity contribution in [2.75, 3.05) is 21.3 Å². The minimum Gasteiger partial charge on any atom is -0.493 e. The Hall–Kier alpha value is -4.14. The molecule has 0 fully saturated rings. The summed E-state index contributed by atoms with van der Waals surface area (Å²) in [6.45, 7) is 1.74. The molecule has 0 saturated heterocycles. The van der Waals surface area contributed by atoms with Crippen LogP contribution in [-0.2, 0) is 14.3 Å². The smallest absolute Gasteiger partial charge is 0.336 e. The van der Waals surface area contributed by atoms with Gasteiger partial charge in [-0.3, -0.25) is 14.9 Å². The normalized spacial score (nSPS) is 19.6. The van der Waals surface area contributed by atoms with Gasteiger partial charge in [-0.15, -0.1) is 0 Å². The molecule has 0 radical (unpaired) electrons. The van der Waals surface area contributed by atoms with Gasteiger partial charge in [0.25, 0.3) is 5.69 Å². The monoisotopic (exact) mass is 478 g/mol. The SMILES string of the molecule is COC(=O)C1=C(C)NC2=C(C(=O)C[C@H](c3ccc(OC)c(OC)c3)C2)[C@H]1c1cccc([N+](=O)[O-])c1. The number of nitrogens with one attached hydrogen (secondary N) is 1. The summed E-state index contributed by atoms with van der Waals surface area (Å²) in [4.78, 5) is 37.3. The number of hydrogen-bond donors (Lipinski definition) is 1. The van der Waals surface area contributed by atoms with Crippen LogP contribution in [0, 0.1) is 10.1 Å². The quantitative estimate of drug-likeness (QED) is 0.374. The van der Waals surface area contributed by atoms with Crippen molar-refractivity contribution in [1.82, 2.24) is 5.32 Å². The minimum atomic E-state index is -0.766. The van der Waals surface area contributed by atoms with Gasteiger partial charge in [-0.05, 0) is 42.5 Å². The first-order valence-corrected chi connectivity index (χ1v) is 11.1. The van der Waals surface area contributed by atoms with E-state index in [1.165, 1.54) is 19.2 Å². The van der Waals surface area contributed by atoms with Gasteiger partial charge >= 0.3 is 5.97 Å². The van der Waals surface area contributed by atoms with Crippen LogP contribution in [0.5, 0.6) is 11.5 Å². The fraction of sp³-hybridized carbons (Fsp3) is 0.308. The van der Waals surface area contributed by atoms with Crippen LogP contribution in [0.3, 0.4) is 0 Å². The topological polar surface area (TPSA) is 117 Å². The highest BCUT2D eigenvalue weighted by atomic mass is 16.6. The van der Waals surface area contributed by atoms with E-state index >= 15 is 0 Å². The van der Waals surface area contributed by atoms with E-state index in [0.29, 0.717) is 40.5 Å². The Bertz CT molecular complexity index is 1280. The van der Waals surface area contributed by atoms with Crippen LogP contribution in [0.4, 0.5) is 5.69 Å². The molecule has 1 heterocycles. The zero-order chi connectivity index (χ0) is 25.3. The van der Waals surface area contributed by atoms with E-state index in [1.54, 1.807) is 33.3 Å². The summed E-state index contributed by atoms with van der Waals surface area (Å²) < 4.78 is 15.8. The van der Waals surface area contributed by atoms with Gasteiger partial charge < -0.3 is 19.5 Å². The van der Waals surface area contributed by atoms with Crippen LogP contribution < -0.4 is 14.8 Å². The first-order valence-electron chi connectivity index (χ1n) is 11.1. The van der Waals surface area contributed by atoms with E-state index in [0.717, 1.165) is 5.56 Å². The van der Waals surface area contributed by atoms with Crippen molar-refractivity contribution in [3.63, 3.8) is 0 Å². The summed E-state index contributed by atoms with van der Waals surface area (Å²) >= 11 is 0. The lowest BCUT2D eigenvalue weighted by atomic mass is 9.71. The molecule has 1 aliphatic heterocycles. The molecular weight excluding hydrogens is 452 g/mol. The number of carbonyl (C=O) groups excluding carboxylic acids is 2. The largest absolute Gasteiger partial charge is 0.493 e. The van der Waals surface area contributed by atoms with Crippen LogP contribution in [0.15, 0.2) is 65.0 Å². The number of non-ortho nitro benzene ring substituents is 1. The maximum atomic E-state index is 13.6. The van der Waals surface area contributed by atoms with Crippen LogP contribution in [0.2, 0.25) is 0 Å². The Balaban J connectivity index is 1.80. The van der Waals surface area contributed by atoms with Gasteiger partial charge in [0.15, 0.2) is 17.3 Å². The van der Waals surface area contributed by atoms with Gasteiger partial charge in [-0.2, -0.15) is 0 Å². The zero-order valence-corrected chi connectivity index (χ0v) is 19.9. The average Bonchev–Trinajstić information content (AvgIpc) is 2.86. The minimum absolute atomic E-state index is 0.114.